The Kier molecular flexibility index (Phi) is 27.9. The van der Waals surface area contributed by atoms with Crippen LogP contribution in [0.15, 0.2) is 139 Å². The number of nitrogens with one attached hydrogen (secondary N) is 5. The number of H-pyrrole nitrogens is 5. The van der Waals surface area contributed by atoms with Crippen LogP contribution >= 0.6 is 39.1 Å². The molecule has 0 spiro atoms. The van der Waals surface area contributed by atoms with Crippen molar-refractivity contribution in [2.24, 2.45) is 0 Å². The van der Waals surface area contributed by atoms with Crippen LogP contribution in [-0.2, 0) is 116 Å². The van der Waals surface area contributed by atoms with Crippen molar-refractivity contribution in [2.45, 2.75) is 151 Å². The SMILES string of the molecule is Cc1cn([C@H]2C[C@H](OP(=O)(O)OC[C@H]3O[C@@H](n4cnc5c(=O)[nH]c(N)nc54)C[C@@H]3OP(=O)(O)OC[C@H]3O[C@@H](n4cnc5c(=O)[nH]c(N)nc54)C[C@@H]3OP(=O)(O)OC[C@H]3O[C@@H](n4cnc5c(=O)[nH]c(N)nc54)C[C@@H]3OP(=O)(O)O[C@H]3C[C@H](n4cnc5c(=O)[nH]c(N)nc54)O[C@@H]3COP(=O)(O)OCCO)[C@@H](COCc3ccc(OCc4ccccc4)c(OCc4ccccc4)c3)O2)c(=O)[nH]c1=O. The number of anilines is 4. The first kappa shape index (κ1) is 95.5. The van der Waals surface area contributed by atoms with E-state index in [0.717, 1.165) is 50.1 Å². The van der Waals surface area contributed by atoms with Gasteiger partial charge < -0.3 is 90.4 Å². The summed E-state index contributed by atoms with van der Waals surface area (Å²) in [5.74, 6) is -0.719. The number of aliphatic hydroxyl groups excluding tert-OH is 1. The number of aromatic amines is 5. The van der Waals surface area contributed by atoms with E-state index in [0.29, 0.717) is 17.1 Å². The lowest BCUT2D eigenvalue weighted by Gasteiger charge is -2.26. The molecule has 0 bridgehead atoms. The first-order valence-electron chi connectivity index (χ1n) is 40.8. The lowest BCUT2D eigenvalue weighted by molar-refractivity contribution is -0.0711. The van der Waals surface area contributed by atoms with Gasteiger partial charge in [0.15, 0.2) is 56.2 Å². The number of hydrogen-bond acceptors (Lipinski definition) is 42. The van der Waals surface area contributed by atoms with Crippen molar-refractivity contribution in [3.63, 3.8) is 0 Å². The van der Waals surface area contributed by atoms with Crippen molar-refractivity contribution in [1.29, 1.82) is 0 Å². The van der Waals surface area contributed by atoms with Gasteiger partial charge >= 0.3 is 44.8 Å². The van der Waals surface area contributed by atoms with E-state index in [1.165, 1.54) is 22.3 Å². The summed E-state index contributed by atoms with van der Waals surface area (Å²) in [4.78, 5) is 180. The van der Waals surface area contributed by atoms with E-state index >= 15 is 0 Å². The van der Waals surface area contributed by atoms with E-state index < -0.39 is 242 Å². The molecule has 5 saturated heterocycles. The van der Waals surface area contributed by atoms with Gasteiger partial charge in [0.2, 0.25) is 23.8 Å². The number of aryl methyl sites for hydroxylation is 1. The second kappa shape index (κ2) is 39.5. The molecule has 3 aromatic carbocycles. The zero-order valence-electron chi connectivity index (χ0n) is 70.0. The van der Waals surface area contributed by atoms with Crippen LogP contribution in [-0.4, -0.2) is 224 Å². The second-order valence-corrected chi connectivity index (χ2v) is 38.1. The molecule has 57 nitrogen and oxygen atoms in total. The van der Waals surface area contributed by atoms with Gasteiger partial charge in [0, 0.05) is 43.9 Å². The fourth-order valence-corrected chi connectivity index (χ4v) is 20.3. The molecule has 19 N–H and O–H groups in total. The maximum absolute atomic E-state index is 14.7. The minimum absolute atomic E-state index is 0.100. The Balaban J connectivity index is 0.603. The first-order chi connectivity index (χ1) is 64.4. The smallest absolute Gasteiger partial charge is 0.472 e. The Morgan fingerprint density at radius 3 is 1.07 bits per heavy atom. The van der Waals surface area contributed by atoms with Gasteiger partial charge in [-0.3, -0.25) is 117 Å². The molecule has 14 heterocycles. The van der Waals surface area contributed by atoms with Gasteiger partial charge in [-0.2, -0.15) is 19.9 Å². The Morgan fingerprint density at radius 1 is 0.385 bits per heavy atom. The van der Waals surface area contributed by atoms with Gasteiger partial charge in [-0.05, 0) is 35.7 Å². The molecule has 12 aromatic rings. The van der Waals surface area contributed by atoms with Gasteiger partial charge in [0.25, 0.3) is 27.8 Å². The molecule has 0 saturated carbocycles. The van der Waals surface area contributed by atoms with Gasteiger partial charge in [0.05, 0.1) is 78.2 Å². The molecule has 9 aromatic heterocycles. The summed E-state index contributed by atoms with van der Waals surface area (Å²) in [6.45, 7) is -4.27. The standard InChI is InChI=1S/C73H85N22O35P5/c1-35-22-91(73(102)90-64(35)97)51-17-41(46(121-51)26-113-23-38-12-13-39(114-24-36-8-4-2-5-9-36)40(16-38)115-25-37-10-6-3-7-11-37)126-132(105,106)118-28-48-42(18-52(123-48)92-31-78-56-60(92)82-69(74)86-65(56)98)127-133(107,108)119-29-49-43(19-53(124-49)93-32-79-57-61(93)83-70(75)87-66(57)99)128-134(109,110)120-30-50-45(21-55(125-50)95-34-81-59-63(95)85-72(77)89-68(59)101)130-135(111,112)129-44-20-54(122-47(44)27-117-131(103,104)116-15-14-96)94-33-80-58-62(94)84-71(76)88-67(58)100/h2-13,16,22,31-34,41-55,96H,14-15,17-21,23-30H2,1H3,(H,103,104)(H,105,106)(H,107,108)(H,109,110)(H,111,112)(H,90,97,102)(H3,74,82,86,98)(H3,75,83,87,99)(H3,76,84,88,100)(H3,77,85,89,101)/t41-,42-,43-,44-,45-,46+,47+,48+,49+,50+,51+,52+,53+,54+,55+/m0/s1. The van der Waals surface area contributed by atoms with E-state index in [2.05, 4.69) is 64.8 Å². The molecular weight excluding hydrogens is 1900 g/mol. The summed E-state index contributed by atoms with van der Waals surface area (Å²) in [5, 5.41) is 9.27. The summed E-state index contributed by atoms with van der Waals surface area (Å²) in [6.07, 6.45) is -20.3. The van der Waals surface area contributed by atoms with E-state index in [-0.39, 0.29) is 95.0 Å². The van der Waals surface area contributed by atoms with Crippen molar-refractivity contribution < 1.29 is 136 Å². The van der Waals surface area contributed by atoms with E-state index in [1.54, 1.807) is 18.2 Å². The molecule has 0 aliphatic carbocycles. The number of benzene rings is 3. The van der Waals surface area contributed by atoms with Crippen LogP contribution in [0.5, 0.6) is 11.5 Å². The van der Waals surface area contributed by atoms with Gasteiger partial charge in [-0.1, -0.05) is 66.7 Å². The number of nitrogens with zero attached hydrogens (tertiary/aromatic N) is 13. The Labute approximate surface area is 754 Å². The Morgan fingerprint density at radius 2 is 0.711 bits per heavy atom. The summed E-state index contributed by atoms with van der Waals surface area (Å²) >= 11 is 0. The number of fused-ring (bicyclic) bond motifs is 4. The van der Waals surface area contributed by atoms with E-state index in [4.69, 9.17) is 106 Å². The van der Waals surface area contributed by atoms with Crippen LogP contribution in [0, 0.1) is 6.92 Å². The normalized spacial score (nSPS) is 25.4. The monoisotopic (exact) mass is 1980 g/mol. The largest absolute Gasteiger partial charge is 0.485 e. The number of phosphoric ester groups is 5. The van der Waals surface area contributed by atoms with Crippen LogP contribution < -0.4 is 65.9 Å². The number of rotatable bonds is 40. The van der Waals surface area contributed by atoms with E-state index in [9.17, 15) is 81.2 Å². The molecule has 722 valence electrons. The number of hydrogen-bond donors (Lipinski definition) is 15. The Hall–Kier alpha value is -11.2. The molecule has 17 rings (SSSR count). The fourth-order valence-electron chi connectivity index (χ4n) is 15.5. The predicted molar refractivity (Wildman–Crippen MR) is 457 cm³/mol. The topological polar surface area (TPSA) is 786 Å². The quantitative estimate of drug-likeness (QED) is 0.0244. The predicted octanol–water partition coefficient (Wildman–Crippen LogP) is 2.02. The van der Waals surface area contributed by atoms with Gasteiger partial charge in [0.1, 0.15) is 105 Å². The third-order valence-corrected chi connectivity index (χ3v) is 26.8. The molecule has 5 fully saturated rings. The number of nitrogen functional groups attached to an aromatic ring is 4. The highest BCUT2D eigenvalue weighted by atomic mass is 31.2. The molecule has 135 heavy (non-hydrogen) atoms. The minimum atomic E-state index is -5.69. The summed E-state index contributed by atoms with van der Waals surface area (Å²) in [5.41, 5.74) is 19.6. The van der Waals surface area contributed by atoms with Crippen molar-refractivity contribution in [2.75, 3.05) is 69.2 Å². The number of ether oxygens (including phenoxy) is 8. The van der Waals surface area contributed by atoms with Crippen LogP contribution in [0.25, 0.3) is 44.7 Å². The molecule has 0 radical (unpaired) electrons. The fraction of sp³-hybridized carbons (Fsp3) is 0.425. The van der Waals surface area contributed by atoms with Gasteiger partial charge in [-0.15, -0.1) is 0 Å². The highest BCUT2D eigenvalue weighted by Gasteiger charge is 2.52. The third-order valence-electron chi connectivity index (χ3n) is 21.7. The van der Waals surface area contributed by atoms with Crippen molar-refractivity contribution in [3.05, 3.63) is 195 Å². The van der Waals surface area contributed by atoms with Crippen molar-refractivity contribution >= 4 is 108 Å². The lowest BCUT2D eigenvalue weighted by Crippen LogP contribution is -2.33. The highest BCUT2D eigenvalue weighted by molar-refractivity contribution is 7.48. The molecule has 0 amide bonds. The van der Waals surface area contributed by atoms with Crippen LogP contribution in [0.3, 0.4) is 0 Å². The van der Waals surface area contributed by atoms with Gasteiger partial charge in [-0.25, -0.2) is 47.6 Å². The molecular formula is C73H85N22O35P5. The van der Waals surface area contributed by atoms with Crippen LogP contribution in [0.4, 0.5) is 23.8 Å². The number of phosphoric acid groups is 5. The Bertz CT molecular complexity index is 7020. The summed E-state index contributed by atoms with van der Waals surface area (Å²) in [7, 11) is -27.4. The van der Waals surface area contributed by atoms with Crippen molar-refractivity contribution in [1.82, 2.24) is 87.6 Å². The maximum atomic E-state index is 14.7. The van der Waals surface area contributed by atoms with Crippen molar-refractivity contribution in [3.8, 4) is 11.5 Å². The number of aliphatic hydroxyl groups is 1. The minimum Gasteiger partial charge on any atom is -0.485 e. The zero-order chi connectivity index (χ0) is 95.2. The molecule has 20 atom stereocenters. The number of nitrogens with two attached hydrogens (primary N) is 4. The molecule has 5 unspecified atom stereocenters. The molecule has 62 heteroatoms. The molecule has 5 aliphatic heterocycles. The van der Waals surface area contributed by atoms with E-state index in [1.807, 2.05) is 60.7 Å². The average Bonchev–Trinajstić information content (AvgIpc) is 1.64. The number of imidazole rings is 4. The first-order valence-corrected chi connectivity index (χ1v) is 48.3. The number of aromatic nitrogens is 18. The second-order valence-electron chi connectivity index (χ2n) is 31.1. The summed E-state index contributed by atoms with van der Waals surface area (Å²) in [6, 6.07) is 24.0. The average molecular weight is 1990 g/mol. The lowest BCUT2D eigenvalue weighted by atomic mass is 10.2. The van der Waals surface area contributed by atoms with Crippen LogP contribution in [0.1, 0.15) is 85.5 Å². The molecule has 5 aliphatic rings. The highest BCUT2D eigenvalue weighted by Crippen LogP contribution is 2.57. The third kappa shape index (κ3) is 22.3. The maximum Gasteiger partial charge on any atom is 0.472 e. The zero-order valence-corrected chi connectivity index (χ0v) is 74.5. The van der Waals surface area contributed by atoms with Crippen LogP contribution in [0.2, 0.25) is 0 Å². The summed E-state index contributed by atoms with van der Waals surface area (Å²) < 4.78 is 183.